The Kier molecular flexibility index (Phi) is 19.8. The summed E-state index contributed by atoms with van der Waals surface area (Å²) < 4.78 is 16.3. The van der Waals surface area contributed by atoms with Crippen molar-refractivity contribution in [2.24, 2.45) is 0 Å². The normalized spacial score (nSPS) is 15.3. The minimum Gasteiger partial charge on any atom is -0.479 e. The van der Waals surface area contributed by atoms with Crippen LogP contribution in [0.15, 0.2) is 136 Å². The van der Waals surface area contributed by atoms with Crippen LogP contribution in [-0.4, -0.2) is 56.8 Å². The molecule has 414 valence electrons. The van der Waals surface area contributed by atoms with Crippen molar-refractivity contribution in [1.29, 1.82) is 0 Å². The summed E-state index contributed by atoms with van der Waals surface area (Å²) in [5.74, 6) is 0.953. The Morgan fingerprint density at radius 2 is 1.14 bits per heavy atom. The van der Waals surface area contributed by atoms with Crippen molar-refractivity contribution in [2.45, 2.75) is 77.7 Å². The number of aryl methyl sites for hydroxylation is 1. The van der Waals surface area contributed by atoms with E-state index >= 15 is 0 Å². The number of H-pyrrole nitrogens is 3. The van der Waals surface area contributed by atoms with Gasteiger partial charge in [0.2, 0.25) is 11.8 Å². The summed E-state index contributed by atoms with van der Waals surface area (Å²) in [7, 11) is 3.12. The molecule has 0 fully saturated rings. The van der Waals surface area contributed by atoms with E-state index < -0.39 is 5.41 Å². The van der Waals surface area contributed by atoms with Gasteiger partial charge in [-0.2, -0.15) is 0 Å². The molecule has 5 N–H and O–H groups in total. The molecular formula is C62H61Cl4LiN8O6. The predicted molar refractivity (Wildman–Crippen MR) is 328 cm³/mol. The molecule has 8 heterocycles. The zero-order valence-corrected chi connectivity index (χ0v) is 49.8. The standard InChI is InChI=1S/C17H19ClN2O2.C17H19ClN2O.C14H11ClN2O.C13H9ClN2O2.CH3.Li/c1-10(2)22-9-17(3)12-6-7-19-16(21)15(12)20-14-5-4-11(18)8-13(14)17;1-3-4-8-17(2)12-7-9-19-16(21)15(12)20-14-6-5-11(18)10-13(14)17;1-8-10-5-6-16-14(18-2)13(10)17-12-4-3-9(15)7-11(8)12;1-18-13-11-8(4-5-15-13)12(17)9-6-7(14)2-3-10(9)16-11;;/h4-8,10,20H,9H2,1-3H3,(H,19,21);5-7,9-10,20H,3-4,8H2,1-2H3,(H,19,21);3-7H,1-2H3;2-6H,1H3,(H,16,17);1H3;/q;;;;-1;+1. The molecule has 0 aliphatic carbocycles. The molecule has 12 rings (SSSR count). The Balaban J connectivity index is 0.000000155. The summed E-state index contributed by atoms with van der Waals surface area (Å²) in [5.41, 5.74) is 10.5. The number of halogens is 4. The van der Waals surface area contributed by atoms with Gasteiger partial charge in [0, 0.05) is 88.8 Å². The van der Waals surface area contributed by atoms with Gasteiger partial charge in [0.05, 0.1) is 37.8 Å². The van der Waals surface area contributed by atoms with Crippen molar-refractivity contribution in [2.75, 3.05) is 31.5 Å². The number of rotatable bonds is 8. The van der Waals surface area contributed by atoms with Crippen LogP contribution < -0.4 is 55.5 Å². The molecule has 2 unspecified atom stereocenters. The van der Waals surface area contributed by atoms with Gasteiger partial charge in [0.15, 0.2) is 5.43 Å². The van der Waals surface area contributed by atoms with E-state index in [2.05, 4.69) is 68.2 Å². The fraction of sp³-hybridized carbons (Fsp3) is 0.242. The number of nitrogens with one attached hydrogen (secondary N) is 5. The number of nitrogens with zero attached hydrogens (tertiary/aromatic N) is 3. The smallest absolute Gasteiger partial charge is 0.479 e. The van der Waals surface area contributed by atoms with Gasteiger partial charge in [-0.05, 0) is 159 Å². The van der Waals surface area contributed by atoms with E-state index in [9.17, 15) is 14.4 Å². The molecule has 2 aliphatic rings. The number of methoxy groups -OCH3 is 2. The zero-order valence-electron chi connectivity index (χ0n) is 46.8. The largest absolute Gasteiger partial charge is 1.00 e. The second-order valence-corrected chi connectivity index (χ2v) is 21.7. The second kappa shape index (κ2) is 25.9. The van der Waals surface area contributed by atoms with E-state index in [1.54, 1.807) is 56.2 Å². The third kappa shape index (κ3) is 12.5. The molecule has 0 amide bonds. The maximum absolute atomic E-state index is 12.3. The average Bonchev–Trinajstić information content (AvgIpc) is 3.44. The van der Waals surface area contributed by atoms with Crippen molar-refractivity contribution in [1.82, 2.24) is 29.9 Å². The summed E-state index contributed by atoms with van der Waals surface area (Å²) >= 11 is 24.3. The molecular weight excluding hydrogens is 1100 g/mol. The number of ether oxygens (including phenoxy) is 3. The number of benzene rings is 4. The summed E-state index contributed by atoms with van der Waals surface area (Å²) in [4.78, 5) is 58.2. The number of pyridine rings is 6. The molecule has 0 saturated heterocycles. The van der Waals surface area contributed by atoms with Gasteiger partial charge in [-0.15, -0.1) is 0 Å². The molecule has 10 aromatic rings. The first kappa shape index (κ1) is 61.8. The van der Waals surface area contributed by atoms with Gasteiger partial charge >= 0.3 is 18.9 Å². The van der Waals surface area contributed by atoms with E-state index in [0.29, 0.717) is 66.6 Å². The zero-order chi connectivity index (χ0) is 56.3. The summed E-state index contributed by atoms with van der Waals surface area (Å²) in [6.07, 6.45) is 10.0. The molecule has 0 radical (unpaired) electrons. The molecule has 0 saturated carbocycles. The van der Waals surface area contributed by atoms with Crippen molar-refractivity contribution in [3.63, 3.8) is 0 Å². The quantitative estimate of drug-likeness (QED) is 0.0553. The number of anilines is 4. The number of unbranched alkanes of at least 4 members (excludes halogenated alkanes) is 1. The van der Waals surface area contributed by atoms with Crippen LogP contribution in [0.2, 0.25) is 20.1 Å². The summed E-state index contributed by atoms with van der Waals surface area (Å²) in [6, 6.07) is 29.9. The van der Waals surface area contributed by atoms with Crippen LogP contribution in [0.5, 0.6) is 11.8 Å². The van der Waals surface area contributed by atoms with Crippen LogP contribution in [0.25, 0.3) is 43.6 Å². The number of aromatic nitrogens is 6. The van der Waals surface area contributed by atoms with E-state index in [4.69, 9.17) is 60.6 Å². The third-order valence-electron chi connectivity index (χ3n) is 14.4. The molecule has 19 heteroatoms. The molecule has 0 spiro atoms. The number of hydrogen-bond donors (Lipinski definition) is 5. The molecule has 2 atom stereocenters. The molecule has 81 heavy (non-hydrogen) atoms. The number of aromatic amines is 3. The van der Waals surface area contributed by atoms with Crippen molar-refractivity contribution >= 4 is 113 Å². The first-order valence-corrected chi connectivity index (χ1v) is 27.1. The monoisotopic (exact) mass is 1160 g/mol. The molecule has 0 bridgehead atoms. The maximum Gasteiger partial charge on any atom is 1.00 e. The Morgan fingerprint density at radius 1 is 0.617 bits per heavy atom. The third-order valence-corrected chi connectivity index (χ3v) is 15.4. The van der Waals surface area contributed by atoms with Crippen LogP contribution in [-0.2, 0) is 15.6 Å². The minimum atomic E-state index is -0.431. The van der Waals surface area contributed by atoms with Gasteiger partial charge in [-0.1, -0.05) is 73.1 Å². The first-order valence-electron chi connectivity index (χ1n) is 25.6. The minimum absolute atomic E-state index is 0. The topological polar surface area (TPSA) is 189 Å². The second-order valence-electron chi connectivity index (χ2n) is 19.9. The average molecular weight is 1160 g/mol. The van der Waals surface area contributed by atoms with Crippen LogP contribution >= 0.6 is 46.4 Å². The van der Waals surface area contributed by atoms with Gasteiger partial charge in [0.25, 0.3) is 11.1 Å². The van der Waals surface area contributed by atoms with Gasteiger partial charge in [-0.25, -0.2) is 15.0 Å². The van der Waals surface area contributed by atoms with Crippen molar-refractivity contribution in [3.8, 4) is 11.8 Å². The van der Waals surface area contributed by atoms with Gasteiger partial charge in [0.1, 0.15) is 22.4 Å². The summed E-state index contributed by atoms with van der Waals surface area (Å²) in [6.45, 7) is 13.0. The van der Waals surface area contributed by atoms with Gasteiger partial charge < -0.3 is 47.2 Å². The van der Waals surface area contributed by atoms with E-state index in [0.717, 1.165) is 79.7 Å². The molecule has 6 aromatic heterocycles. The van der Waals surface area contributed by atoms with Crippen molar-refractivity contribution < 1.29 is 33.1 Å². The van der Waals surface area contributed by atoms with Crippen LogP contribution in [0.3, 0.4) is 0 Å². The van der Waals surface area contributed by atoms with E-state index in [-0.39, 0.29) is 54.4 Å². The first-order chi connectivity index (χ1) is 37.9. The molecule has 2 aliphatic heterocycles. The fourth-order valence-electron chi connectivity index (χ4n) is 10.3. The Morgan fingerprint density at radius 3 is 1.72 bits per heavy atom. The van der Waals surface area contributed by atoms with Crippen molar-refractivity contribution in [3.05, 3.63) is 208 Å². The summed E-state index contributed by atoms with van der Waals surface area (Å²) in [5, 5.41) is 12.3. The van der Waals surface area contributed by atoms with E-state index in [1.807, 2.05) is 86.6 Å². The fourth-order valence-corrected chi connectivity index (χ4v) is 11.0. The van der Waals surface area contributed by atoms with Crippen LogP contribution in [0.1, 0.15) is 81.7 Å². The van der Waals surface area contributed by atoms with Crippen LogP contribution in [0, 0.1) is 14.4 Å². The Hall–Kier alpha value is -6.86. The maximum atomic E-state index is 12.3. The molecule has 4 aromatic carbocycles. The number of fused-ring (bicyclic) bond motifs is 8. The predicted octanol–water partition coefficient (Wildman–Crippen LogP) is 12.3. The Bertz CT molecular complexity index is 4140. The van der Waals surface area contributed by atoms with Crippen LogP contribution in [0.4, 0.5) is 22.7 Å². The Labute approximate surface area is 501 Å². The number of hydrogen-bond acceptors (Lipinski definition) is 11. The SMILES string of the molecule is CC(C)OCC1(C)c2cc(Cl)ccc2Nc2c1cc[nH]c2=O.CCCCC1(C)c2cc(Cl)ccc2Nc2c1cc[nH]c2=O.COc1nccc2c(=O)c3cc(Cl)ccc3[nH]c12.COc1nccc2c(C)c3cc(Cl)ccc3nc12.[CH3-].[Li+]. The molecule has 14 nitrogen and oxygen atoms in total. The van der Waals surface area contributed by atoms with E-state index in [1.165, 1.54) is 12.7 Å². The van der Waals surface area contributed by atoms with Gasteiger partial charge in [-0.3, -0.25) is 14.4 Å².